The molecule has 0 fully saturated rings. The lowest BCUT2D eigenvalue weighted by atomic mass is 10.2. The lowest BCUT2D eigenvalue weighted by Gasteiger charge is -2.14. The second-order valence-corrected chi connectivity index (χ2v) is 5.01. The number of hydrogen-bond donors (Lipinski definition) is 1. The summed E-state index contributed by atoms with van der Waals surface area (Å²) in [4.78, 5) is 17.5. The molecule has 1 aromatic heterocycles. The molecule has 0 radical (unpaired) electrons. The van der Waals surface area contributed by atoms with Crippen molar-refractivity contribution in [1.29, 1.82) is 0 Å². The minimum atomic E-state index is -0.965. The van der Waals surface area contributed by atoms with Crippen LogP contribution in [0.3, 0.4) is 0 Å². The van der Waals surface area contributed by atoms with Gasteiger partial charge in [-0.05, 0) is 30.3 Å². The zero-order valence-corrected chi connectivity index (χ0v) is 11.8. The number of aromatic carboxylic acids is 1. The molecule has 0 unspecified atom stereocenters. The highest BCUT2D eigenvalue weighted by molar-refractivity contribution is 6.01. The molecule has 106 valence electrons. The molecule has 0 saturated heterocycles. The molecule has 0 saturated carbocycles. The van der Waals surface area contributed by atoms with E-state index in [0.717, 1.165) is 16.9 Å². The van der Waals surface area contributed by atoms with Gasteiger partial charge in [0.05, 0.1) is 11.1 Å². The minimum Gasteiger partial charge on any atom is -0.478 e. The van der Waals surface area contributed by atoms with Gasteiger partial charge in [-0.1, -0.05) is 12.1 Å². The summed E-state index contributed by atoms with van der Waals surface area (Å²) in [5.41, 5.74) is 3.52. The molecule has 0 bridgehead atoms. The van der Waals surface area contributed by atoms with Crippen molar-refractivity contribution in [3.63, 3.8) is 0 Å². The molecule has 0 atom stereocenters. The van der Waals surface area contributed by atoms with E-state index >= 15 is 0 Å². The Kier molecular flexibility index (Phi) is 3.10. The number of carboxylic acid groups (broad SMARTS) is 1. The molecule has 5 heteroatoms. The molecule has 0 amide bonds. The van der Waals surface area contributed by atoms with Gasteiger partial charge in [0.15, 0.2) is 0 Å². The summed E-state index contributed by atoms with van der Waals surface area (Å²) >= 11 is 0. The normalized spacial score (nSPS) is 10.8. The van der Waals surface area contributed by atoms with Crippen LogP contribution in [0.4, 0.5) is 5.69 Å². The molecule has 0 spiro atoms. The van der Waals surface area contributed by atoms with E-state index in [9.17, 15) is 9.90 Å². The largest absolute Gasteiger partial charge is 0.478 e. The van der Waals surface area contributed by atoms with Crippen LogP contribution < -0.4 is 4.90 Å². The fraction of sp³-hybridized carbons (Fsp3) is 0.125. The summed E-state index contributed by atoms with van der Waals surface area (Å²) in [6.45, 7) is 0. The number of carboxylic acids is 1. The number of carbonyl (C=O) groups is 1. The Balaban J connectivity index is 2.20. The Labute approximate surface area is 122 Å². The van der Waals surface area contributed by atoms with E-state index in [1.165, 1.54) is 0 Å². The maximum absolute atomic E-state index is 11.2. The van der Waals surface area contributed by atoms with Gasteiger partial charge in [-0.15, -0.1) is 0 Å². The number of hydrogen-bond acceptors (Lipinski definition) is 3. The second kappa shape index (κ2) is 4.94. The number of anilines is 1. The second-order valence-electron chi connectivity index (χ2n) is 5.01. The van der Waals surface area contributed by atoms with Crippen molar-refractivity contribution in [2.75, 3.05) is 19.0 Å². The summed E-state index contributed by atoms with van der Waals surface area (Å²) in [7, 11) is 3.96. The van der Waals surface area contributed by atoms with E-state index < -0.39 is 5.97 Å². The third-order valence-electron chi connectivity index (χ3n) is 3.43. The van der Waals surface area contributed by atoms with Crippen LogP contribution in [0, 0.1) is 0 Å². The van der Waals surface area contributed by atoms with Crippen molar-refractivity contribution in [3.05, 3.63) is 54.4 Å². The number of aromatic nitrogens is 2. The van der Waals surface area contributed by atoms with Gasteiger partial charge in [0, 0.05) is 25.5 Å². The van der Waals surface area contributed by atoms with E-state index in [-0.39, 0.29) is 5.56 Å². The Morgan fingerprint density at radius 3 is 2.67 bits per heavy atom. The van der Waals surface area contributed by atoms with Crippen molar-refractivity contribution in [2.45, 2.75) is 0 Å². The van der Waals surface area contributed by atoms with E-state index in [2.05, 4.69) is 4.98 Å². The Morgan fingerprint density at radius 2 is 1.95 bits per heavy atom. The molecule has 1 heterocycles. The SMILES string of the molecule is CN(C)c1cccc(-n2cnc3c(C(=O)O)cccc32)c1. The number of nitrogens with zero attached hydrogens (tertiary/aromatic N) is 3. The lowest BCUT2D eigenvalue weighted by Crippen LogP contribution is -2.08. The quantitative estimate of drug-likeness (QED) is 0.802. The number of para-hydroxylation sites is 1. The summed E-state index contributed by atoms with van der Waals surface area (Å²) in [6, 6.07) is 13.2. The molecule has 5 nitrogen and oxygen atoms in total. The molecule has 0 aliphatic carbocycles. The average molecular weight is 281 g/mol. The molecule has 0 aliphatic rings. The predicted octanol–water partition coefficient (Wildman–Crippen LogP) is 2.79. The van der Waals surface area contributed by atoms with Gasteiger partial charge >= 0.3 is 5.97 Å². The highest BCUT2D eigenvalue weighted by Crippen LogP contribution is 2.23. The first-order valence-corrected chi connectivity index (χ1v) is 6.55. The molecule has 2 aromatic carbocycles. The smallest absolute Gasteiger partial charge is 0.337 e. The number of fused-ring (bicyclic) bond motifs is 1. The van der Waals surface area contributed by atoms with Crippen molar-refractivity contribution < 1.29 is 9.90 Å². The molecule has 21 heavy (non-hydrogen) atoms. The maximum Gasteiger partial charge on any atom is 0.337 e. The van der Waals surface area contributed by atoms with Crippen LogP contribution in [0.25, 0.3) is 16.7 Å². The van der Waals surface area contributed by atoms with Crippen molar-refractivity contribution in [2.24, 2.45) is 0 Å². The first-order chi connectivity index (χ1) is 10.1. The monoisotopic (exact) mass is 281 g/mol. The fourth-order valence-electron chi connectivity index (χ4n) is 2.34. The highest BCUT2D eigenvalue weighted by Gasteiger charge is 2.13. The topological polar surface area (TPSA) is 58.4 Å². The van der Waals surface area contributed by atoms with Gasteiger partial charge in [-0.3, -0.25) is 4.57 Å². The molecule has 3 rings (SSSR count). The summed E-state index contributed by atoms with van der Waals surface area (Å²) in [5, 5.41) is 9.22. The molecule has 1 N–H and O–H groups in total. The van der Waals surface area contributed by atoms with Crippen LogP contribution in [0.5, 0.6) is 0 Å². The van der Waals surface area contributed by atoms with Crippen LogP contribution >= 0.6 is 0 Å². The first kappa shape index (κ1) is 13.2. The van der Waals surface area contributed by atoms with Gasteiger partial charge in [-0.2, -0.15) is 0 Å². The number of rotatable bonds is 3. The molecule has 3 aromatic rings. The Hall–Kier alpha value is -2.82. The van der Waals surface area contributed by atoms with Crippen LogP contribution in [0.1, 0.15) is 10.4 Å². The van der Waals surface area contributed by atoms with Gasteiger partial charge in [0.25, 0.3) is 0 Å². The van der Waals surface area contributed by atoms with E-state index in [1.54, 1.807) is 18.5 Å². The third kappa shape index (κ3) is 2.23. The predicted molar refractivity (Wildman–Crippen MR) is 82.4 cm³/mol. The van der Waals surface area contributed by atoms with Gasteiger partial charge < -0.3 is 10.0 Å². The van der Waals surface area contributed by atoms with Crippen LogP contribution in [-0.2, 0) is 0 Å². The van der Waals surface area contributed by atoms with E-state index in [4.69, 9.17) is 0 Å². The van der Waals surface area contributed by atoms with Gasteiger partial charge in [0.2, 0.25) is 0 Å². The zero-order valence-electron chi connectivity index (χ0n) is 11.8. The van der Waals surface area contributed by atoms with Gasteiger partial charge in [0.1, 0.15) is 11.8 Å². The number of benzene rings is 2. The lowest BCUT2D eigenvalue weighted by molar-refractivity contribution is 0.0699. The van der Waals surface area contributed by atoms with Crippen LogP contribution in [-0.4, -0.2) is 34.7 Å². The first-order valence-electron chi connectivity index (χ1n) is 6.55. The summed E-state index contributed by atoms with van der Waals surface area (Å²) in [5.74, 6) is -0.965. The summed E-state index contributed by atoms with van der Waals surface area (Å²) < 4.78 is 1.90. The molecular formula is C16H15N3O2. The fourth-order valence-corrected chi connectivity index (χ4v) is 2.34. The summed E-state index contributed by atoms with van der Waals surface area (Å²) in [6.07, 6.45) is 1.66. The third-order valence-corrected chi connectivity index (χ3v) is 3.43. The zero-order chi connectivity index (χ0) is 15.0. The van der Waals surface area contributed by atoms with E-state index in [0.29, 0.717) is 5.52 Å². The standard InChI is InChI=1S/C16H15N3O2/c1-18(2)11-5-3-6-12(9-11)19-10-17-15-13(16(20)21)7-4-8-14(15)19/h3-10H,1-2H3,(H,20,21). The molecule has 0 aliphatic heterocycles. The minimum absolute atomic E-state index is 0.218. The van der Waals surface area contributed by atoms with Gasteiger partial charge in [-0.25, -0.2) is 9.78 Å². The highest BCUT2D eigenvalue weighted by atomic mass is 16.4. The van der Waals surface area contributed by atoms with Crippen molar-refractivity contribution >= 4 is 22.7 Å². The Morgan fingerprint density at radius 1 is 1.19 bits per heavy atom. The van der Waals surface area contributed by atoms with Crippen LogP contribution in [0.15, 0.2) is 48.8 Å². The molecular weight excluding hydrogens is 266 g/mol. The van der Waals surface area contributed by atoms with E-state index in [1.807, 2.05) is 53.9 Å². The number of imidazole rings is 1. The van der Waals surface area contributed by atoms with Crippen LogP contribution in [0.2, 0.25) is 0 Å². The maximum atomic E-state index is 11.2. The van der Waals surface area contributed by atoms with Crippen molar-refractivity contribution in [1.82, 2.24) is 9.55 Å². The average Bonchev–Trinajstić information content (AvgIpc) is 2.91. The van der Waals surface area contributed by atoms with Crippen molar-refractivity contribution in [3.8, 4) is 5.69 Å². The Bertz CT molecular complexity index is 821.